The number of aryl methyl sites for hydroxylation is 2. The first-order valence-corrected chi connectivity index (χ1v) is 8.38. The first-order chi connectivity index (χ1) is 9.42. The van der Waals surface area contributed by atoms with Gasteiger partial charge in [0.05, 0.1) is 11.9 Å². The number of pyridine rings is 1. The maximum Gasteiger partial charge on any atom is 0.281 e. The minimum absolute atomic E-state index is 0.0198. The fraction of sp³-hybridized carbons (Fsp3) is 0.333. The van der Waals surface area contributed by atoms with E-state index in [2.05, 4.69) is 30.6 Å². The van der Waals surface area contributed by atoms with E-state index < -0.39 is 10.0 Å². The normalized spacial score (nSPS) is 11.6. The zero-order chi connectivity index (χ0) is 14.8. The predicted octanol–water partition coefficient (Wildman–Crippen LogP) is 2.56. The molecule has 20 heavy (non-hydrogen) atoms. The Bertz CT molecular complexity index is 695. The van der Waals surface area contributed by atoms with Gasteiger partial charge >= 0.3 is 0 Å². The Morgan fingerprint density at radius 1 is 1.40 bits per heavy atom. The second-order valence-corrected chi connectivity index (χ2v) is 6.74. The number of sulfonamides is 1. The number of nitrogens with zero attached hydrogens (tertiary/aromatic N) is 3. The fourth-order valence-electron chi connectivity index (χ4n) is 1.72. The van der Waals surface area contributed by atoms with Gasteiger partial charge in [-0.05, 0) is 41.4 Å². The lowest BCUT2D eigenvalue weighted by Crippen LogP contribution is -2.13. The van der Waals surface area contributed by atoms with E-state index in [1.54, 1.807) is 25.3 Å². The predicted molar refractivity (Wildman–Crippen MR) is 80.0 cm³/mol. The molecule has 0 saturated heterocycles. The van der Waals surface area contributed by atoms with Crippen LogP contribution in [-0.4, -0.2) is 23.0 Å². The Morgan fingerprint density at radius 3 is 2.75 bits per heavy atom. The topological polar surface area (TPSA) is 76.9 Å². The van der Waals surface area contributed by atoms with Gasteiger partial charge in [0, 0.05) is 12.7 Å². The maximum absolute atomic E-state index is 12.2. The van der Waals surface area contributed by atoms with Gasteiger partial charge in [-0.2, -0.15) is 8.42 Å². The van der Waals surface area contributed by atoms with E-state index in [-0.39, 0.29) is 5.03 Å². The van der Waals surface area contributed by atoms with Crippen molar-refractivity contribution in [2.24, 2.45) is 0 Å². The molecule has 0 aliphatic rings. The first-order valence-electron chi connectivity index (χ1n) is 6.10. The third-order valence-electron chi connectivity index (χ3n) is 2.67. The Kier molecular flexibility index (Phi) is 4.44. The van der Waals surface area contributed by atoms with Gasteiger partial charge in [-0.3, -0.25) is 4.72 Å². The summed E-state index contributed by atoms with van der Waals surface area (Å²) in [6.45, 7) is 4.56. The summed E-state index contributed by atoms with van der Waals surface area (Å²) in [5.41, 5.74) is 0.399. The number of anilines is 1. The fourth-order valence-corrected chi connectivity index (χ4v) is 3.01. The summed E-state index contributed by atoms with van der Waals surface area (Å²) in [7, 11) is -3.68. The smallest absolute Gasteiger partial charge is 0.281 e. The molecule has 108 valence electrons. The van der Waals surface area contributed by atoms with Crippen LogP contribution in [0.4, 0.5) is 5.69 Å². The molecule has 0 saturated carbocycles. The standard InChI is InChI=1S/C12H15BrN4O2S/c1-3-6-17-8-12(15-9(17)2)20(18,19)16-10-4-5-11(13)14-7-10/h4-5,7-8,16H,3,6H2,1-2H3. The van der Waals surface area contributed by atoms with Crippen molar-refractivity contribution in [1.82, 2.24) is 14.5 Å². The van der Waals surface area contributed by atoms with Crippen LogP contribution in [0.1, 0.15) is 19.2 Å². The number of hydrogen-bond acceptors (Lipinski definition) is 4. The minimum atomic E-state index is -3.68. The summed E-state index contributed by atoms with van der Waals surface area (Å²) in [6.07, 6.45) is 3.91. The molecule has 2 aromatic rings. The van der Waals surface area contributed by atoms with Crippen molar-refractivity contribution < 1.29 is 8.42 Å². The highest BCUT2D eigenvalue weighted by Gasteiger charge is 2.19. The second kappa shape index (κ2) is 5.92. The van der Waals surface area contributed by atoms with Crippen molar-refractivity contribution in [3.63, 3.8) is 0 Å². The second-order valence-electron chi connectivity index (χ2n) is 4.29. The van der Waals surface area contributed by atoms with Gasteiger partial charge in [-0.1, -0.05) is 6.92 Å². The van der Waals surface area contributed by atoms with Crippen LogP contribution in [0.5, 0.6) is 0 Å². The average molecular weight is 359 g/mol. The van der Waals surface area contributed by atoms with Crippen molar-refractivity contribution in [3.8, 4) is 0 Å². The largest absolute Gasteiger partial charge is 0.334 e. The van der Waals surface area contributed by atoms with Crippen LogP contribution in [0.3, 0.4) is 0 Å². The number of halogens is 1. The molecule has 2 aromatic heterocycles. The van der Waals surface area contributed by atoms with Gasteiger partial charge in [0.25, 0.3) is 10.0 Å². The number of imidazole rings is 1. The Labute approximate surface area is 126 Å². The average Bonchev–Trinajstić information content (AvgIpc) is 2.75. The Hall–Kier alpha value is -1.41. The Balaban J connectivity index is 2.26. The summed E-state index contributed by atoms with van der Waals surface area (Å²) >= 11 is 3.20. The van der Waals surface area contributed by atoms with Crippen LogP contribution in [-0.2, 0) is 16.6 Å². The molecule has 0 bridgehead atoms. The molecule has 0 atom stereocenters. The summed E-state index contributed by atoms with van der Waals surface area (Å²) in [5, 5.41) is 0.0198. The van der Waals surface area contributed by atoms with Crippen LogP contribution in [0, 0.1) is 6.92 Å². The van der Waals surface area contributed by atoms with Gasteiger partial charge in [0.1, 0.15) is 10.4 Å². The highest BCUT2D eigenvalue weighted by atomic mass is 79.9. The van der Waals surface area contributed by atoms with Crippen LogP contribution in [0.2, 0.25) is 0 Å². The summed E-state index contributed by atoms with van der Waals surface area (Å²) < 4.78 is 29.4. The SMILES string of the molecule is CCCn1cc(S(=O)(=O)Nc2ccc(Br)nc2)nc1C. The van der Waals surface area contributed by atoms with Crippen LogP contribution >= 0.6 is 15.9 Å². The number of aromatic nitrogens is 3. The molecular weight excluding hydrogens is 344 g/mol. The highest BCUT2D eigenvalue weighted by molar-refractivity contribution is 9.10. The van der Waals surface area contributed by atoms with Crippen LogP contribution < -0.4 is 4.72 Å². The van der Waals surface area contributed by atoms with E-state index in [9.17, 15) is 8.42 Å². The monoisotopic (exact) mass is 358 g/mol. The summed E-state index contributed by atoms with van der Waals surface area (Å²) in [5.74, 6) is 0.682. The molecule has 0 aliphatic heterocycles. The number of rotatable bonds is 5. The lowest BCUT2D eigenvalue weighted by atomic mass is 10.4. The number of hydrogen-bond donors (Lipinski definition) is 1. The summed E-state index contributed by atoms with van der Waals surface area (Å²) in [4.78, 5) is 8.07. The van der Waals surface area contributed by atoms with Gasteiger partial charge in [0.2, 0.25) is 0 Å². The molecule has 0 radical (unpaired) electrons. The van der Waals surface area contributed by atoms with Crippen molar-refractivity contribution in [2.45, 2.75) is 31.8 Å². The lowest BCUT2D eigenvalue weighted by molar-refractivity contribution is 0.597. The minimum Gasteiger partial charge on any atom is -0.334 e. The molecule has 1 N–H and O–H groups in total. The zero-order valence-electron chi connectivity index (χ0n) is 11.2. The van der Waals surface area contributed by atoms with Gasteiger partial charge < -0.3 is 4.57 Å². The lowest BCUT2D eigenvalue weighted by Gasteiger charge is -2.04. The molecule has 0 aromatic carbocycles. The van der Waals surface area contributed by atoms with E-state index in [0.717, 1.165) is 13.0 Å². The van der Waals surface area contributed by atoms with Gasteiger partial charge in [-0.25, -0.2) is 9.97 Å². The highest BCUT2D eigenvalue weighted by Crippen LogP contribution is 2.16. The van der Waals surface area contributed by atoms with E-state index in [1.807, 2.05) is 11.5 Å². The molecule has 6 nitrogen and oxygen atoms in total. The van der Waals surface area contributed by atoms with Gasteiger partial charge in [-0.15, -0.1) is 0 Å². The van der Waals surface area contributed by atoms with E-state index in [0.29, 0.717) is 16.1 Å². The van der Waals surface area contributed by atoms with E-state index in [4.69, 9.17) is 0 Å². The molecule has 0 unspecified atom stereocenters. The molecular formula is C12H15BrN4O2S. The third kappa shape index (κ3) is 3.37. The molecule has 0 spiro atoms. The number of nitrogens with one attached hydrogen (secondary N) is 1. The first kappa shape index (κ1) is 15.0. The molecule has 0 amide bonds. The molecule has 8 heteroatoms. The van der Waals surface area contributed by atoms with Crippen molar-refractivity contribution in [2.75, 3.05) is 4.72 Å². The van der Waals surface area contributed by atoms with Crippen molar-refractivity contribution in [1.29, 1.82) is 0 Å². The Morgan fingerprint density at radius 2 is 2.15 bits per heavy atom. The zero-order valence-corrected chi connectivity index (χ0v) is 13.6. The van der Waals surface area contributed by atoms with Crippen LogP contribution in [0.15, 0.2) is 34.2 Å². The molecule has 0 fully saturated rings. The third-order valence-corrected chi connectivity index (χ3v) is 4.39. The van der Waals surface area contributed by atoms with Crippen LogP contribution in [0.25, 0.3) is 0 Å². The van der Waals surface area contributed by atoms with E-state index in [1.165, 1.54) is 6.20 Å². The molecule has 2 heterocycles. The quantitative estimate of drug-likeness (QED) is 0.833. The van der Waals surface area contributed by atoms with E-state index >= 15 is 0 Å². The maximum atomic E-state index is 12.2. The molecule has 0 aliphatic carbocycles. The van der Waals surface area contributed by atoms with Crippen molar-refractivity contribution in [3.05, 3.63) is 35.0 Å². The summed E-state index contributed by atoms with van der Waals surface area (Å²) in [6, 6.07) is 3.29. The van der Waals surface area contributed by atoms with Gasteiger partial charge in [0.15, 0.2) is 5.03 Å². The van der Waals surface area contributed by atoms with Crippen molar-refractivity contribution >= 4 is 31.6 Å². The molecule has 2 rings (SSSR count).